The maximum absolute atomic E-state index is 9.20. The number of nitrogens with zero attached hydrogens (tertiary/aromatic N) is 4. The lowest BCUT2D eigenvalue weighted by atomic mass is 10.1. The summed E-state index contributed by atoms with van der Waals surface area (Å²) in [5, 5.41) is 9.20. The van der Waals surface area contributed by atoms with E-state index in [1.54, 1.807) is 6.20 Å². The van der Waals surface area contributed by atoms with Gasteiger partial charge in [0.2, 0.25) is 0 Å². The normalized spacial score (nSPS) is 21.4. The summed E-state index contributed by atoms with van der Waals surface area (Å²) in [4.78, 5) is 9.09. The van der Waals surface area contributed by atoms with E-state index in [1.807, 2.05) is 12.1 Å². The first-order valence-electron chi connectivity index (χ1n) is 6.56. The summed E-state index contributed by atoms with van der Waals surface area (Å²) in [7, 11) is 2.16. The van der Waals surface area contributed by atoms with E-state index in [0.717, 1.165) is 38.3 Å². The van der Waals surface area contributed by atoms with Gasteiger partial charge in [-0.05, 0) is 38.6 Å². The van der Waals surface area contributed by atoms with Crippen LogP contribution in [0.4, 0.5) is 5.82 Å². The zero-order valence-corrected chi connectivity index (χ0v) is 11.1. The average Bonchev–Trinajstić information content (AvgIpc) is 2.60. The van der Waals surface area contributed by atoms with Crippen molar-refractivity contribution in [3.05, 3.63) is 23.9 Å². The number of nitriles is 1. The molecule has 0 bridgehead atoms. The minimum atomic E-state index is 0.444. The van der Waals surface area contributed by atoms with Crippen LogP contribution in [0.5, 0.6) is 0 Å². The molecule has 0 aliphatic carbocycles. The van der Waals surface area contributed by atoms with Gasteiger partial charge in [-0.2, -0.15) is 5.26 Å². The molecule has 1 aromatic heterocycles. The van der Waals surface area contributed by atoms with Crippen LogP contribution in [0.2, 0.25) is 0 Å². The quantitative estimate of drug-likeness (QED) is 0.796. The van der Waals surface area contributed by atoms with Crippen LogP contribution in [-0.4, -0.2) is 42.6 Å². The van der Waals surface area contributed by atoms with E-state index in [1.165, 1.54) is 0 Å². The number of aromatic nitrogens is 1. The summed E-state index contributed by atoms with van der Waals surface area (Å²) in [6.45, 7) is 5.33. The number of pyridine rings is 1. The van der Waals surface area contributed by atoms with Gasteiger partial charge in [-0.1, -0.05) is 6.92 Å². The van der Waals surface area contributed by atoms with Crippen LogP contribution in [-0.2, 0) is 0 Å². The third kappa shape index (κ3) is 2.62. The molecule has 96 valence electrons. The van der Waals surface area contributed by atoms with E-state index in [2.05, 4.69) is 34.8 Å². The highest BCUT2D eigenvalue weighted by Crippen LogP contribution is 2.22. The van der Waals surface area contributed by atoms with Gasteiger partial charge in [0.25, 0.3) is 0 Å². The maximum Gasteiger partial charge on any atom is 0.146 e. The smallest absolute Gasteiger partial charge is 0.146 e. The Balaban J connectivity index is 2.32. The molecule has 1 aliphatic rings. The van der Waals surface area contributed by atoms with Gasteiger partial charge in [0.1, 0.15) is 11.9 Å². The van der Waals surface area contributed by atoms with Crippen molar-refractivity contribution in [2.75, 3.05) is 31.6 Å². The molecule has 1 atom stereocenters. The number of anilines is 1. The predicted molar refractivity (Wildman–Crippen MR) is 72.5 cm³/mol. The van der Waals surface area contributed by atoms with E-state index >= 15 is 0 Å². The molecule has 18 heavy (non-hydrogen) atoms. The molecule has 1 saturated heterocycles. The van der Waals surface area contributed by atoms with Crippen LogP contribution in [0.1, 0.15) is 25.3 Å². The molecule has 4 nitrogen and oxygen atoms in total. The standard InChI is InChI=1S/C14H20N4/c1-3-13-11-17(2)8-5-9-18(13)14-12(10-15)6-4-7-16-14/h4,6-7,13H,3,5,8-9,11H2,1-2H3. The Labute approximate surface area is 109 Å². The lowest BCUT2D eigenvalue weighted by molar-refractivity contribution is 0.327. The van der Waals surface area contributed by atoms with E-state index in [9.17, 15) is 5.26 Å². The molecular formula is C14H20N4. The first-order chi connectivity index (χ1) is 8.76. The van der Waals surface area contributed by atoms with E-state index in [0.29, 0.717) is 11.6 Å². The topological polar surface area (TPSA) is 43.2 Å². The van der Waals surface area contributed by atoms with E-state index in [-0.39, 0.29) is 0 Å². The summed E-state index contributed by atoms with van der Waals surface area (Å²) in [6.07, 6.45) is 3.97. The molecule has 0 N–H and O–H groups in total. The number of hydrogen-bond donors (Lipinski definition) is 0. The molecule has 0 aromatic carbocycles. The summed E-state index contributed by atoms with van der Waals surface area (Å²) in [6, 6.07) is 6.37. The zero-order valence-electron chi connectivity index (χ0n) is 11.1. The lowest BCUT2D eigenvalue weighted by Crippen LogP contribution is -2.40. The van der Waals surface area contributed by atoms with E-state index < -0.39 is 0 Å². The first kappa shape index (κ1) is 12.8. The molecule has 0 amide bonds. The highest BCUT2D eigenvalue weighted by molar-refractivity contribution is 5.54. The number of hydrogen-bond acceptors (Lipinski definition) is 4. The van der Waals surface area contributed by atoms with Gasteiger partial charge in [-0.25, -0.2) is 4.98 Å². The van der Waals surface area contributed by atoms with Crippen molar-refractivity contribution in [1.29, 1.82) is 5.26 Å². The van der Waals surface area contributed by atoms with Crippen molar-refractivity contribution in [2.24, 2.45) is 0 Å². The van der Waals surface area contributed by atoms with Crippen molar-refractivity contribution in [2.45, 2.75) is 25.8 Å². The van der Waals surface area contributed by atoms with Crippen molar-refractivity contribution in [1.82, 2.24) is 9.88 Å². The highest BCUT2D eigenvalue weighted by Gasteiger charge is 2.24. The van der Waals surface area contributed by atoms with Gasteiger partial charge < -0.3 is 9.80 Å². The second-order valence-electron chi connectivity index (χ2n) is 4.86. The summed E-state index contributed by atoms with van der Waals surface area (Å²) in [5.41, 5.74) is 0.681. The van der Waals surface area contributed by atoms with Gasteiger partial charge in [0.15, 0.2) is 0 Å². The van der Waals surface area contributed by atoms with E-state index in [4.69, 9.17) is 0 Å². The van der Waals surface area contributed by atoms with Gasteiger partial charge >= 0.3 is 0 Å². The summed E-state index contributed by atoms with van der Waals surface area (Å²) < 4.78 is 0. The molecule has 1 unspecified atom stereocenters. The molecule has 1 fully saturated rings. The Hall–Kier alpha value is -1.60. The van der Waals surface area contributed by atoms with Crippen molar-refractivity contribution >= 4 is 5.82 Å². The molecule has 2 rings (SSSR count). The Morgan fingerprint density at radius 2 is 2.33 bits per heavy atom. The summed E-state index contributed by atoms with van der Waals surface area (Å²) >= 11 is 0. The van der Waals surface area contributed by atoms with Crippen LogP contribution in [0, 0.1) is 11.3 Å². The molecule has 1 aliphatic heterocycles. The fourth-order valence-corrected chi connectivity index (χ4v) is 2.58. The van der Waals surface area contributed by atoms with Gasteiger partial charge in [-0.15, -0.1) is 0 Å². The zero-order chi connectivity index (χ0) is 13.0. The second-order valence-corrected chi connectivity index (χ2v) is 4.86. The maximum atomic E-state index is 9.20. The molecule has 4 heteroatoms. The largest absolute Gasteiger partial charge is 0.351 e. The fourth-order valence-electron chi connectivity index (χ4n) is 2.58. The monoisotopic (exact) mass is 244 g/mol. The Kier molecular flexibility index (Phi) is 4.16. The molecule has 2 heterocycles. The molecule has 0 spiro atoms. The van der Waals surface area contributed by atoms with Crippen LogP contribution < -0.4 is 4.90 Å². The van der Waals surface area contributed by atoms with Gasteiger partial charge in [0, 0.05) is 25.3 Å². The van der Waals surface area contributed by atoms with Crippen molar-refractivity contribution in [3.8, 4) is 6.07 Å². The van der Waals surface area contributed by atoms with Crippen molar-refractivity contribution < 1.29 is 0 Å². The Morgan fingerprint density at radius 3 is 3.06 bits per heavy atom. The minimum Gasteiger partial charge on any atom is -0.351 e. The highest BCUT2D eigenvalue weighted by atomic mass is 15.3. The predicted octanol–water partition coefficient (Wildman–Crippen LogP) is 1.87. The van der Waals surface area contributed by atoms with Crippen LogP contribution >= 0.6 is 0 Å². The Morgan fingerprint density at radius 1 is 1.50 bits per heavy atom. The van der Waals surface area contributed by atoms with Gasteiger partial charge in [0.05, 0.1) is 5.56 Å². The molecule has 1 aromatic rings. The number of likely N-dealkylation sites (N-methyl/N-ethyl adjacent to an activating group) is 1. The van der Waals surface area contributed by atoms with Crippen LogP contribution in [0.3, 0.4) is 0 Å². The van der Waals surface area contributed by atoms with Gasteiger partial charge in [-0.3, -0.25) is 0 Å². The molecule has 0 saturated carbocycles. The third-order valence-electron chi connectivity index (χ3n) is 3.55. The summed E-state index contributed by atoms with van der Waals surface area (Å²) in [5.74, 6) is 0.849. The lowest BCUT2D eigenvalue weighted by Gasteiger charge is -2.31. The molecule has 0 radical (unpaired) electrons. The van der Waals surface area contributed by atoms with Crippen LogP contribution in [0.25, 0.3) is 0 Å². The van der Waals surface area contributed by atoms with Crippen molar-refractivity contribution in [3.63, 3.8) is 0 Å². The second kappa shape index (κ2) is 5.83. The average molecular weight is 244 g/mol. The SMILES string of the molecule is CCC1CN(C)CCCN1c1ncccc1C#N. The Bertz CT molecular complexity index is 438. The third-order valence-corrected chi connectivity index (χ3v) is 3.55. The first-order valence-corrected chi connectivity index (χ1v) is 6.56. The number of rotatable bonds is 2. The molecular weight excluding hydrogens is 224 g/mol. The minimum absolute atomic E-state index is 0.444. The van der Waals surface area contributed by atoms with Crippen LogP contribution in [0.15, 0.2) is 18.3 Å². The fraction of sp³-hybridized carbons (Fsp3) is 0.571.